The molecule has 1 aliphatic carbocycles. The van der Waals surface area contributed by atoms with Gasteiger partial charge < -0.3 is 20.5 Å². The van der Waals surface area contributed by atoms with Crippen molar-refractivity contribution in [1.82, 2.24) is 20.5 Å². The molecule has 9 nitrogen and oxygen atoms in total. The maximum atomic E-state index is 13.5. The van der Waals surface area contributed by atoms with Crippen LogP contribution in [-0.2, 0) is 30.6 Å². The van der Waals surface area contributed by atoms with E-state index in [0.717, 1.165) is 48.6 Å². The van der Waals surface area contributed by atoms with Crippen LogP contribution < -0.4 is 10.6 Å². The molecule has 0 spiro atoms. The van der Waals surface area contributed by atoms with E-state index in [1.54, 1.807) is 0 Å². The van der Waals surface area contributed by atoms with E-state index in [2.05, 4.69) is 15.6 Å². The zero-order valence-corrected chi connectivity index (χ0v) is 20.9. The molecule has 1 aromatic heterocycles. The van der Waals surface area contributed by atoms with Crippen LogP contribution >= 0.6 is 0 Å². The lowest BCUT2D eigenvalue weighted by Gasteiger charge is -2.37. The quantitative estimate of drug-likeness (QED) is 0.521. The first-order valence-corrected chi connectivity index (χ1v) is 13.9. The van der Waals surface area contributed by atoms with Crippen molar-refractivity contribution in [2.75, 3.05) is 0 Å². The van der Waals surface area contributed by atoms with Crippen molar-refractivity contribution in [1.29, 1.82) is 0 Å². The molecule has 3 atom stereocenters. The van der Waals surface area contributed by atoms with E-state index in [4.69, 9.17) is 0 Å². The van der Waals surface area contributed by atoms with Crippen molar-refractivity contribution in [3.8, 4) is 0 Å². The summed E-state index contributed by atoms with van der Waals surface area (Å²) in [4.78, 5) is 43.6. The summed E-state index contributed by atoms with van der Waals surface area (Å²) in [7, 11) is -3.71. The number of hydrogen-bond acceptors (Lipinski definition) is 5. The molecule has 3 N–H and O–H groups in total. The van der Waals surface area contributed by atoms with Crippen molar-refractivity contribution in [2.45, 2.75) is 87.0 Å². The zero-order chi connectivity index (χ0) is 25.0. The minimum atomic E-state index is -3.71. The molecule has 1 saturated carbocycles. The number of rotatable bonds is 6. The smallest absolute Gasteiger partial charge is 0.245 e. The Morgan fingerprint density at radius 3 is 2.60 bits per heavy atom. The highest BCUT2D eigenvalue weighted by molar-refractivity contribution is 7.93. The Morgan fingerprint density at radius 1 is 1.17 bits per heavy atom. The van der Waals surface area contributed by atoms with E-state index in [9.17, 15) is 22.8 Å². The highest BCUT2D eigenvalue weighted by Crippen LogP contribution is 2.45. The number of nitrogens with one attached hydrogen (secondary N) is 3. The van der Waals surface area contributed by atoms with Crippen LogP contribution in [0.3, 0.4) is 0 Å². The fourth-order valence-electron chi connectivity index (χ4n) is 5.78. The Bertz CT molecular complexity index is 1280. The monoisotopic (exact) mass is 500 g/mol. The third-order valence-corrected chi connectivity index (χ3v) is 10.7. The zero-order valence-electron chi connectivity index (χ0n) is 20.0. The van der Waals surface area contributed by atoms with Crippen molar-refractivity contribution in [3.05, 3.63) is 36.0 Å². The van der Waals surface area contributed by atoms with Crippen molar-refractivity contribution < 1.29 is 22.8 Å². The van der Waals surface area contributed by atoms with Gasteiger partial charge in [0, 0.05) is 29.6 Å². The molecule has 5 rings (SSSR count). The van der Waals surface area contributed by atoms with Gasteiger partial charge >= 0.3 is 0 Å². The number of fused-ring (bicyclic) bond motifs is 2. The number of carbonyl (C=O) groups is 3. The average Bonchev–Trinajstić information content (AvgIpc) is 3.28. The number of amides is 3. The summed E-state index contributed by atoms with van der Waals surface area (Å²) in [6, 6.07) is 5.70. The molecule has 0 radical (unpaired) electrons. The first-order chi connectivity index (χ1) is 16.6. The lowest BCUT2D eigenvalue weighted by Crippen LogP contribution is -2.62. The van der Waals surface area contributed by atoms with Crippen LogP contribution in [-0.4, -0.2) is 64.3 Å². The molecule has 35 heavy (non-hydrogen) atoms. The molecular weight excluding hydrogens is 468 g/mol. The molecule has 3 aliphatic rings. The van der Waals surface area contributed by atoms with Crippen LogP contribution in [0.4, 0.5) is 0 Å². The summed E-state index contributed by atoms with van der Waals surface area (Å²) in [5.41, 5.74) is 1.80. The fraction of sp³-hybridized carbons (Fsp3) is 0.560. The highest BCUT2D eigenvalue weighted by atomic mass is 32.2. The summed E-state index contributed by atoms with van der Waals surface area (Å²) in [5, 5.41) is 5.91. The SMILES string of the molecule is CC1(C)C(C(=O)NC(Cc2c[nH]c3ccccc23)C(=O)NC2CCCCC2)N2C(=O)CC2S1(=O)=O. The predicted octanol–water partition coefficient (Wildman–Crippen LogP) is 1.78. The average molecular weight is 501 g/mol. The van der Waals surface area contributed by atoms with Gasteiger partial charge in [0.25, 0.3) is 0 Å². The van der Waals surface area contributed by atoms with Crippen LogP contribution in [0.25, 0.3) is 10.9 Å². The number of aromatic nitrogens is 1. The van der Waals surface area contributed by atoms with Crippen molar-refractivity contribution in [2.24, 2.45) is 0 Å². The van der Waals surface area contributed by atoms with E-state index in [0.29, 0.717) is 0 Å². The van der Waals surface area contributed by atoms with Gasteiger partial charge in [-0.25, -0.2) is 8.42 Å². The minimum Gasteiger partial charge on any atom is -0.361 e. The number of hydrogen-bond donors (Lipinski definition) is 3. The number of β-lactam (4-membered cyclic amide) rings is 1. The Balaban J connectivity index is 1.41. The third kappa shape index (κ3) is 3.91. The second-order valence-corrected chi connectivity index (χ2v) is 13.2. The van der Waals surface area contributed by atoms with E-state index in [1.807, 2.05) is 30.5 Å². The molecule has 2 aliphatic heterocycles. The molecule has 2 saturated heterocycles. The maximum Gasteiger partial charge on any atom is 0.245 e. The third-order valence-electron chi connectivity index (χ3n) is 7.91. The number of aromatic amines is 1. The lowest BCUT2D eigenvalue weighted by atomic mass is 9.94. The van der Waals surface area contributed by atoms with Crippen LogP contribution in [0.5, 0.6) is 0 Å². The number of carbonyl (C=O) groups excluding carboxylic acids is 3. The summed E-state index contributed by atoms with van der Waals surface area (Å²) in [5.74, 6) is -1.26. The van der Waals surface area contributed by atoms with E-state index < -0.39 is 37.9 Å². The number of nitrogens with zero attached hydrogens (tertiary/aromatic N) is 1. The normalized spacial score (nSPS) is 26.1. The van der Waals surface area contributed by atoms with Gasteiger partial charge in [0.1, 0.15) is 17.5 Å². The molecule has 1 aromatic carbocycles. The summed E-state index contributed by atoms with van der Waals surface area (Å²) >= 11 is 0. The first kappa shape index (κ1) is 23.8. The maximum absolute atomic E-state index is 13.5. The van der Waals surface area contributed by atoms with Gasteiger partial charge in [-0.15, -0.1) is 0 Å². The van der Waals surface area contributed by atoms with Crippen molar-refractivity contribution in [3.63, 3.8) is 0 Å². The predicted molar refractivity (Wildman–Crippen MR) is 131 cm³/mol. The standard InChI is InChI=1S/C25H32N4O5S/c1-25(2)22(29-20(30)13-21(29)35(25,33)34)24(32)28-19(23(31)27-16-8-4-3-5-9-16)12-15-14-26-18-11-7-6-10-17(15)18/h6-7,10-11,14,16,19,21-22,26H,3-5,8-9,12-13H2,1-2H3,(H,27,31)(H,28,32). The molecule has 188 valence electrons. The Morgan fingerprint density at radius 2 is 1.89 bits per heavy atom. The second kappa shape index (κ2) is 8.65. The molecular formula is C25H32N4O5S. The second-order valence-electron chi connectivity index (χ2n) is 10.5. The lowest BCUT2D eigenvalue weighted by molar-refractivity contribution is -0.150. The summed E-state index contributed by atoms with van der Waals surface area (Å²) < 4.78 is 24.5. The Kier molecular flexibility index (Phi) is 5.89. The number of H-pyrrole nitrogens is 1. The van der Waals surface area contributed by atoms with E-state index >= 15 is 0 Å². The molecule has 3 amide bonds. The molecule has 0 bridgehead atoms. The Labute approximate surface area is 204 Å². The summed E-state index contributed by atoms with van der Waals surface area (Å²) in [6.07, 6.45) is 7.03. The molecule has 2 aromatic rings. The van der Waals surface area contributed by atoms with Crippen LogP contribution in [0.1, 0.15) is 57.9 Å². The molecule has 10 heteroatoms. The van der Waals surface area contributed by atoms with Gasteiger partial charge in [-0.3, -0.25) is 14.4 Å². The summed E-state index contributed by atoms with van der Waals surface area (Å²) in [6.45, 7) is 2.96. The largest absolute Gasteiger partial charge is 0.361 e. The van der Waals surface area contributed by atoms with Gasteiger partial charge in [0.05, 0.1) is 11.2 Å². The molecule has 3 unspecified atom stereocenters. The van der Waals surface area contributed by atoms with Crippen molar-refractivity contribution >= 4 is 38.5 Å². The van der Waals surface area contributed by atoms with E-state index in [-0.39, 0.29) is 30.7 Å². The van der Waals surface area contributed by atoms with Gasteiger partial charge in [0.2, 0.25) is 17.7 Å². The topological polar surface area (TPSA) is 128 Å². The minimum absolute atomic E-state index is 0.0586. The van der Waals surface area contributed by atoms with Crippen LogP contribution in [0.2, 0.25) is 0 Å². The number of sulfone groups is 1. The number of benzene rings is 1. The fourth-order valence-corrected chi connectivity index (χ4v) is 7.92. The van der Waals surface area contributed by atoms with Gasteiger partial charge in [-0.05, 0) is 38.3 Å². The number of para-hydroxylation sites is 1. The van der Waals surface area contributed by atoms with Gasteiger partial charge in [-0.1, -0.05) is 37.5 Å². The molecule has 3 heterocycles. The van der Waals surface area contributed by atoms with Gasteiger partial charge in [-0.2, -0.15) is 0 Å². The highest BCUT2D eigenvalue weighted by Gasteiger charge is 2.67. The van der Waals surface area contributed by atoms with Crippen LogP contribution in [0.15, 0.2) is 30.5 Å². The van der Waals surface area contributed by atoms with Crippen LogP contribution in [0, 0.1) is 0 Å². The van der Waals surface area contributed by atoms with Gasteiger partial charge in [0.15, 0.2) is 9.84 Å². The Hall–Kier alpha value is -2.88. The first-order valence-electron chi connectivity index (χ1n) is 12.3. The molecule has 3 fully saturated rings. The van der Waals surface area contributed by atoms with E-state index in [1.165, 1.54) is 18.7 Å².